The van der Waals surface area contributed by atoms with Crippen LogP contribution in [0.1, 0.15) is 16.9 Å². The molecule has 2 heterocycles. The molecule has 11 heteroatoms. The second kappa shape index (κ2) is 7.43. The van der Waals surface area contributed by atoms with Gasteiger partial charge in [0.05, 0.1) is 26.6 Å². The summed E-state index contributed by atoms with van der Waals surface area (Å²) in [4.78, 5) is 29.0. The molecule has 1 saturated heterocycles. The number of halogens is 3. The molecule has 1 aliphatic heterocycles. The van der Waals surface area contributed by atoms with E-state index in [0.717, 1.165) is 6.20 Å². The first-order valence-electron chi connectivity index (χ1n) is 6.75. The molecule has 1 aromatic heterocycles. The molecule has 1 atom stereocenters. The fraction of sp³-hybridized carbons (Fsp3) is 0.462. The van der Waals surface area contributed by atoms with Gasteiger partial charge >= 0.3 is 5.97 Å². The third kappa shape index (κ3) is 4.30. The van der Waals surface area contributed by atoms with Gasteiger partial charge in [0.1, 0.15) is 0 Å². The Hall–Kier alpha value is -1.09. The van der Waals surface area contributed by atoms with E-state index in [0.29, 0.717) is 6.42 Å². The van der Waals surface area contributed by atoms with Crippen molar-refractivity contribution < 1.29 is 22.7 Å². The summed E-state index contributed by atoms with van der Waals surface area (Å²) in [5.41, 5.74) is -0.259. The van der Waals surface area contributed by atoms with E-state index < -0.39 is 34.4 Å². The molecule has 0 radical (unpaired) electrons. The first kappa shape index (κ1) is 19.2. The van der Waals surface area contributed by atoms with Crippen molar-refractivity contribution in [3.8, 4) is 0 Å². The summed E-state index contributed by atoms with van der Waals surface area (Å²) in [6, 6.07) is -0.423. The summed E-state index contributed by atoms with van der Waals surface area (Å²) >= 11 is 17.4. The maximum absolute atomic E-state index is 12.0. The van der Waals surface area contributed by atoms with Crippen molar-refractivity contribution in [3.63, 3.8) is 0 Å². The molecule has 24 heavy (non-hydrogen) atoms. The predicted molar refractivity (Wildman–Crippen MR) is 89.4 cm³/mol. The zero-order chi connectivity index (χ0) is 18.1. The van der Waals surface area contributed by atoms with Crippen LogP contribution in [-0.4, -0.2) is 61.4 Å². The van der Waals surface area contributed by atoms with Gasteiger partial charge in [-0.25, -0.2) is 18.2 Å². The van der Waals surface area contributed by atoms with E-state index in [-0.39, 0.29) is 32.3 Å². The minimum Gasteiger partial charge on any atom is -0.451 e. The smallest absolute Gasteiger partial charge is 0.359 e. The van der Waals surface area contributed by atoms with Crippen molar-refractivity contribution in [2.45, 2.75) is 12.5 Å². The second-order valence-electron chi connectivity index (χ2n) is 5.22. The van der Waals surface area contributed by atoms with Gasteiger partial charge in [-0.3, -0.25) is 4.79 Å². The van der Waals surface area contributed by atoms with Crippen LogP contribution >= 0.6 is 34.8 Å². The van der Waals surface area contributed by atoms with E-state index in [2.05, 4.69) is 4.98 Å². The number of carbonyl (C=O) groups is 2. The maximum Gasteiger partial charge on any atom is 0.359 e. The quantitative estimate of drug-likeness (QED) is 0.697. The molecule has 0 spiro atoms. The number of carbonyl (C=O) groups excluding carboxylic acids is 2. The Labute approximate surface area is 153 Å². The molecular weight excluding hydrogens is 403 g/mol. The molecule has 0 aliphatic carbocycles. The highest BCUT2D eigenvalue weighted by Gasteiger charge is 2.33. The first-order chi connectivity index (χ1) is 11.1. The number of hydrogen-bond acceptors (Lipinski definition) is 6. The minimum absolute atomic E-state index is 0.0396. The van der Waals surface area contributed by atoms with Gasteiger partial charge < -0.3 is 9.64 Å². The Morgan fingerprint density at radius 1 is 1.33 bits per heavy atom. The maximum atomic E-state index is 12.0. The van der Waals surface area contributed by atoms with Crippen molar-refractivity contribution in [2.24, 2.45) is 0 Å². The molecule has 1 fully saturated rings. The van der Waals surface area contributed by atoms with Gasteiger partial charge in [0.25, 0.3) is 5.91 Å². The first-order valence-corrected chi connectivity index (χ1v) is 9.70. The fourth-order valence-corrected chi connectivity index (χ4v) is 4.50. The average molecular weight is 416 g/mol. The molecule has 1 aromatic rings. The number of ether oxygens (including phenoxy) is 1. The van der Waals surface area contributed by atoms with Crippen LogP contribution in [0, 0.1) is 0 Å². The van der Waals surface area contributed by atoms with Crippen molar-refractivity contribution in [1.82, 2.24) is 9.88 Å². The molecule has 132 valence electrons. The molecular formula is C13H13Cl3N2O5S. The lowest BCUT2D eigenvalue weighted by Crippen LogP contribution is -2.40. The summed E-state index contributed by atoms with van der Waals surface area (Å²) in [5, 5.41) is -0.131. The molecule has 0 aromatic carbocycles. The number of sulfone groups is 1. The lowest BCUT2D eigenvalue weighted by atomic mass is 10.2. The average Bonchev–Trinajstić information content (AvgIpc) is 2.89. The van der Waals surface area contributed by atoms with Gasteiger partial charge in [-0.05, 0) is 6.42 Å². The largest absolute Gasteiger partial charge is 0.451 e. The van der Waals surface area contributed by atoms with Crippen LogP contribution in [0.15, 0.2) is 6.20 Å². The summed E-state index contributed by atoms with van der Waals surface area (Å²) in [6.45, 7) is -0.565. The van der Waals surface area contributed by atoms with E-state index in [1.54, 1.807) is 0 Å². The number of aromatic nitrogens is 1. The van der Waals surface area contributed by atoms with Crippen LogP contribution in [0.4, 0.5) is 0 Å². The zero-order valence-electron chi connectivity index (χ0n) is 12.5. The van der Waals surface area contributed by atoms with Crippen LogP contribution in [0.3, 0.4) is 0 Å². The number of nitrogens with zero attached hydrogens (tertiary/aromatic N) is 2. The van der Waals surface area contributed by atoms with Crippen LogP contribution < -0.4 is 0 Å². The predicted octanol–water partition coefficient (Wildman–Crippen LogP) is 1.84. The molecule has 1 amide bonds. The van der Waals surface area contributed by atoms with E-state index in [1.807, 2.05) is 0 Å². The Morgan fingerprint density at radius 2 is 2.00 bits per heavy atom. The zero-order valence-corrected chi connectivity index (χ0v) is 15.5. The highest BCUT2D eigenvalue weighted by atomic mass is 35.5. The van der Waals surface area contributed by atoms with Crippen LogP contribution in [0.5, 0.6) is 0 Å². The van der Waals surface area contributed by atoms with Gasteiger partial charge in [0.15, 0.2) is 22.1 Å². The Bertz CT molecular complexity index is 784. The van der Waals surface area contributed by atoms with Crippen molar-refractivity contribution in [3.05, 3.63) is 27.0 Å². The van der Waals surface area contributed by atoms with E-state index in [4.69, 9.17) is 39.5 Å². The minimum atomic E-state index is -3.12. The van der Waals surface area contributed by atoms with Gasteiger partial charge in [-0.15, -0.1) is 0 Å². The lowest BCUT2D eigenvalue weighted by Gasteiger charge is -2.23. The number of rotatable bonds is 4. The molecule has 7 nitrogen and oxygen atoms in total. The summed E-state index contributed by atoms with van der Waals surface area (Å²) < 4.78 is 27.8. The molecule has 0 N–H and O–H groups in total. The van der Waals surface area contributed by atoms with Crippen molar-refractivity contribution in [1.29, 1.82) is 0 Å². The third-order valence-corrected chi connectivity index (χ3v) is 6.58. The van der Waals surface area contributed by atoms with Gasteiger partial charge in [0, 0.05) is 19.3 Å². The number of amides is 1. The van der Waals surface area contributed by atoms with Gasteiger partial charge in [-0.2, -0.15) is 0 Å². The van der Waals surface area contributed by atoms with Crippen molar-refractivity contribution in [2.75, 3.05) is 25.2 Å². The topological polar surface area (TPSA) is 93.6 Å². The molecule has 2 rings (SSSR count). The second-order valence-corrected chi connectivity index (χ2v) is 8.61. The normalized spacial score (nSPS) is 19.1. The SMILES string of the molecule is CN(C(=O)COC(=O)c1ncc(Cl)c(Cl)c1Cl)[C@H]1CCS(=O)(=O)C1. The molecule has 0 saturated carbocycles. The Kier molecular flexibility index (Phi) is 5.95. The monoisotopic (exact) mass is 414 g/mol. The summed E-state index contributed by atoms with van der Waals surface area (Å²) in [6.07, 6.45) is 1.50. The molecule has 0 bridgehead atoms. The molecule has 0 unspecified atom stereocenters. The standard InChI is InChI=1S/C13H13Cl3N2O5S/c1-18(7-2-3-24(21,22)6-7)9(19)5-23-13(20)12-11(16)10(15)8(14)4-17-12/h4,7H,2-3,5-6H2,1H3/t7-/m0/s1. The van der Waals surface area contributed by atoms with Crippen molar-refractivity contribution >= 4 is 56.5 Å². The Balaban J connectivity index is 1.97. The highest BCUT2D eigenvalue weighted by molar-refractivity contribution is 7.91. The van der Waals surface area contributed by atoms with Crippen LogP contribution in [0.25, 0.3) is 0 Å². The fourth-order valence-electron chi connectivity index (χ4n) is 2.17. The number of pyridine rings is 1. The number of esters is 1. The van der Waals surface area contributed by atoms with E-state index in [9.17, 15) is 18.0 Å². The number of likely N-dealkylation sites (N-methyl/N-ethyl adjacent to an activating group) is 1. The Morgan fingerprint density at radius 3 is 2.58 bits per heavy atom. The third-order valence-electron chi connectivity index (χ3n) is 3.59. The van der Waals surface area contributed by atoms with E-state index >= 15 is 0 Å². The van der Waals surface area contributed by atoms with Gasteiger partial charge in [0.2, 0.25) is 0 Å². The summed E-state index contributed by atoms with van der Waals surface area (Å²) in [5.74, 6) is -1.51. The highest BCUT2D eigenvalue weighted by Crippen LogP contribution is 2.31. The summed E-state index contributed by atoms with van der Waals surface area (Å²) in [7, 11) is -1.65. The number of hydrogen-bond donors (Lipinski definition) is 0. The molecule has 1 aliphatic rings. The van der Waals surface area contributed by atoms with Crippen LogP contribution in [0.2, 0.25) is 15.1 Å². The van der Waals surface area contributed by atoms with Crippen LogP contribution in [-0.2, 0) is 19.4 Å². The van der Waals surface area contributed by atoms with E-state index in [1.165, 1.54) is 11.9 Å². The van der Waals surface area contributed by atoms with Gasteiger partial charge in [-0.1, -0.05) is 34.8 Å². The lowest BCUT2D eigenvalue weighted by molar-refractivity contribution is -0.134.